The molecule has 4 heteroatoms. The van der Waals surface area contributed by atoms with Crippen molar-refractivity contribution in [3.63, 3.8) is 0 Å². The number of anilines is 1. The number of benzene rings is 1. The lowest BCUT2D eigenvalue weighted by Crippen LogP contribution is -2.25. The maximum absolute atomic E-state index is 11.8. The van der Waals surface area contributed by atoms with E-state index in [0.29, 0.717) is 25.2 Å². The van der Waals surface area contributed by atoms with Gasteiger partial charge in [-0.05, 0) is 37.1 Å². The van der Waals surface area contributed by atoms with E-state index in [-0.39, 0.29) is 17.6 Å². The number of carbonyl (C=O) groups is 1. The molecule has 0 aliphatic carbocycles. The Hall–Kier alpha value is -1.55. The van der Waals surface area contributed by atoms with Crippen molar-refractivity contribution in [1.82, 2.24) is 0 Å². The van der Waals surface area contributed by atoms with E-state index in [2.05, 4.69) is 0 Å². The number of hydrogen-bond donors (Lipinski definition) is 2. The van der Waals surface area contributed by atoms with Gasteiger partial charge in [0.1, 0.15) is 5.75 Å². The standard InChI is InChI=1S/C12H16N2O2/c1-8-2-3-11(15)10(4-8)14-7-9(6-13)5-12(14)16/h2-4,9,15H,5-7,13H2,1H3. The summed E-state index contributed by atoms with van der Waals surface area (Å²) in [5, 5.41) is 9.75. The molecule has 3 N–H and O–H groups in total. The maximum Gasteiger partial charge on any atom is 0.227 e. The number of hydrogen-bond acceptors (Lipinski definition) is 3. The molecule has 1 aliphatic rings. The van der Waals surface area contributed by atoms with Gasteiger partial charge in [0.05, 0.1) is 5.69 Å². The largest absolute Gasteiger partial charge is 0.506 e. The summed E-state index contributed by atoms with van der Waals surface area (Å²) in [6, 6.07) is 5.26. The third-order valence-electron chi connectivity index (χ3n) is 2.96. The van der Waals surface area contributed by atoms with Gasteiger partial charge in [-0.25, -0.2) is 0 Å². The van der Waals surface area contributed by atoms with Crippen molar-refractivity contribution in [2.24, 2.45) is 11.7 Å². The zero-order valence-electron chi connectivity index (χ0n) is 9.31. The van der Waals surface area contributed by atoms with E-state index in [4.69, 9.17) is 5.73 Å². The van der Waals surface area contributed by atoms with Gasteiger partial charge in [-0.2, -0.15) is 0 Å². The molecule has 1 fully saturated rings. The maximum atomic E-state index is 11.8. The molecule has 0 radical (unpaired) electrons. The molecule has 16 heavy (non-hydrogen) atoms. The van der Waals surface area contributed by atoms with Gasteiger partial charge in [-0.15, -0.1) is 0 Å². The van der Waals surface area contributed by atoms with E-state index in [1.807, 2.05) is 19.1 Å². The second-order valence-corrected chi connectivity index (χ2v) is 4.30. The fraction of sp³-hybridized carbons (Fsp3) is 0.417. The summed E-state index contributed by atoms with van der Waals surface area (Å²) >= 11 is 0. The summed E-state index contributed by atoms with van der Waals surface area (Å²) in [6.07, 6.45) is 0.476. The Balaban J connectivity index is 2.30. The average Bonchev–Trinajstić information content (AvgIpc) is 2.63. The van der Waals surface area contributed by atoms with Crippen LogP contribution in [0.4, 0.5) is 5.69 Å². The highest BCUT2D eigenvalue weighted by Gasteiger charge is 2.30. The predicted molar refractivity (Wildman–Crippen MR) is 62.4 cm³/mol. The Bertz CT molecular complexity index is 417. The molecule has 1 saturated heterocycles. The topological polar surface area (TPSA) is 66.6 Å². The van der Waals surface area contributed by atoms with Crippen LogP contribution in [-0.4, -0.2) is 24.1 Å². The molecule has 4 nitrogen and oxygen atoms in total. The SMILES string of the molecule is Cc1ccc(O)c(N2CC(CN)CC2=O)c1. The molecule has 0 spiro atoms. The third-order valence-corrected chi connectivity index (χ3v) is 2.96. The van der Waals surface area contributed by atoms with Gasteiger partial charge >= 0.3 is 0 Å². The molecule has 86 valence electrons. The average molecular weight is 220 g/mol. The molecule has 1 aromatic rings. The van der Waals surface area contributed by atoms with E-state index in [1.165, 1.54) is 0 Å². The monoisotopic (exact) mass is 220 g/mol. The van der Waals surface area contributed by atoms with Crippen molar-refractivity contribution in [2.45, 2.75) is 13.3 Å². The molecule has 0 aromatic heterocycles. The van der Waals surface area contributed by atoms with Crippen LogP contribution in [-0.2, 0) is 4.79 Å². The third kappa shape index (κ3) is 1.88. The van der Waals surface area contributed by atoms with E-state index in [1.54, 1.807) is 11.0 Å². The van der Waals surface area contributed by atoms with Crippen LogP contribution < -0.4 is 10.6 Å². The van der Waals surface area contributed by atoms with Crippen LogP contribution in [0.15, 0.2) is 18.2 Å². The van der Waals surface area contributed by atoms with Crippen molar-refractivity contribution in [2.75, 3.05) is 18.0 Å². The van der Waals surface area contributed by atoms with Gasteiger partial charge in [-0.3, -0.25) is 4.79 Å². The zero-order valence-corrected chi connectivity index (χ0v) is 9.31. The fourth-order valence-electron chi connectivity index (χ4n) is 2.02. The van der Waals surface area contributed by atoms with Gasteiger partial charge in [-0.1, -0.05) is 6.07 Å². The molecule has 1 amide bonds. The summed E-state index contributed by atoms with van der Waals surface area (Å²) in [4.78, 5) is 13.4. The van der Waals surface area contributed by atoms with Crippen molar-refractivity contribution >= 4 is 11.6 Å². The van der Waals surface area contributed by atoms with Crippen molar-refractivity contribution < 1.29 is 9.90 Å². The Morgan fingerprint density at radius 1 is 1.56 bits per heavy atom. The molecule has 1 aromatic carbocycles. The Kier molecular flexibility index (Phi) is 2.83. The lowest BCUT2D eigenvalue weighted by Gasteiger charge is -2.18. The van der Waals surface area contributed by atoms with E-state index in [9.17, 15) is 9.90 Å². The van der Waals surface area contributed by atoms with Crippen LogP contribution in [0.1, 0.15) is 12.0 Å². The first kappa shape index (κ1) is 11.0. The molecular weight excluding hydrogens is 204 g/mol. The first-order chi connectivity index (χ1) is 7.61. The summed E-state index contributed by atoms with van der Waals surface area (Å²) in [6.45, 7) is 3.05. The molecule has 1 atom stereocenters. The molecule has 1 unspecified atom stereocenters. The first-order valence-electron chi connectivity index (χ1n) is 5.42. The van der Waals surface area contributed by atoms with Crippen LogP contribution >= 0.6 is 0 Å². The zero-order chi connectivity index (χ0) is 11.7. The van der Waals surface area contributed by atoms with Crippen LogP contribution in [0.25, 0.3) is 0 Å². The Morgan fingerprint density at radius 2 is 2.31 bits per heavy atom. The molecular formula is C12H16N2O2. The minimum Gasteiger partial charge on any atom is -0.506 e. The highest BCUT2D eigenvalue weighted by molar-refractivity contribution is 5.97. The van der Waals surface area contributed by atoms with Crippen molar-refractivity contribution in [3.05, 3.63) is 23.8 Å². The van der Waals surface area contributed by atoms with Crippen LogP contribution in [0.3, 0.4) is 0 Å². The lowest BCUT2D eigenvalue weighted by atomic mass is 10.1. The number of nitrogens with zero attached hydrogens (tertiary/aromatic N) is 1. The highest BCUT2D eigenvalue weighted by Crippen LogP contribution is 2.32. The van der Waals surface area contributed by atoms with Crippen LogP contribution in [0.5, 0.6) is 5.75 Å². The molecule has 0 saturated carbocycles. The molecule has 1 heterocycles. The van der Waals surface area contributed by atoms with E-state index in [0.717, 1.165) is 5.56 Å². The van der Waals surface area contributed by atoms with Gasteiger partial charge in [0, 0.05) is 13.0 Å². The minimum atomic E-state index is 0.0383. The number of amides is 1. The molecule has 2 rings (SSSR count). The number of aromatic hydroxyl groups is 1. The predicted octanol–water partition coefficient (Wildman–Crippen LogP) is 1.01. The van der Waals surface area contributed by atoms with Gasteiger partial charge in [0.2, 0.25) is 5.91 Å². The smallest absolute Gasteiger partial charge is 0.227 e. The van der Waals surface area contributed by atoms with Crippen LogP contribution in [0.2, 0.25) is 0 Å². The second-order valence-electron chi connectivity index (χ2n) is 4.30. The van der Waals surface area contributed by atoms with Crippen molar-refractivity contribution in [1.29, 1.82) is 0 Å². The Morgan fingerprint density at radius 3 is 2.94 bits per heavy atom. The molecule has 0 bridgehead atoms. The quantitative estimate of drug-likeness (QED) is 0.781. The highest BCUT2D eigenvalue weighted by atomic mass is 16.3. The summed E-state index contributed by atoms with van der Waals surface area (Å²) in [5.74, 6) is 0.389. The number of phenols is 1. The van der Waals surface area contributed by atoms with E-state index < -0.39 is 0 Å². The molecule has 1 aliphatic heterocycles. The number of phenolic OH excluding ortho intramolecular Hbond substituents is 1. The number of rotatable bonds is 2. The summed E-state index contributed by atoms with van der Waals surface area (Å²) in [7, 11) is 0. The number of carbonyl (C=O) groups excluding carboxylic acids is 1. The van der Waals surface area contributed by atoms with Crippen molar-refractivity contribution in [3.8, 4) is 5.75 Å². The fourth-order valence-corrected chi connectivity index (χ4v) is 2.02. The first-order valence-corrected chi connectivity index (χ1v) is 5.42. The van der Waals surface area contributed by atoms with E-state index >= 15 is 0 Å². The van der Waals surface area contributed by atoms with Gasteiger partial charge in [0.25, 0.3) is 0 Å². The second kappa shape index (κ2) is 4.14. The normalized spacial score (nSPS) is 20.5. The minimum absolute atomic E-state index is 0.0383. The van der Waals surface area contributed by atoms with Gasteiger partial charge in [0.15, 0.2) is 0 Å². The van der Waals surface area contributed by atoms with Gasteiger partial charge < -0.3 is 15.7 Å². The Labute approximate surface area is 94.7 Å². The number of aryl methyl sites for hydroxylation is 1. The lowest BCUT2D eigenvalue weighted by molar-refractivity contribution is -0.117. The summed E-state index contributed by atoms with van der Waals surface area (Å²) < 4.78 is 0. The summed E-state index contributed by atoms with van der Waals surface area (Å²) in [5.41, 5.74) is 7.19. The van der Waals surface area contributed by atoms with Crippen LogP contribution in [0, 0.1) is 12.8 Å². The number of nitrogens with two attached hydrogens (primary N) is 1.